The number of hydrogen-bond acceptors (Lipinski definition) is 2. The lowest BCUT2D eigenvalue weighted by Crippen LogP contribution is -2.01. The van der Waals surface area contributed by atoms with Gasteiger partial charge >= 0.3 is 0 Å². The first-order chi connectivity index (χ1) is 15.1. The van der Waals surface area contributed by atoms with Crippen LogP contribution in [0.15, 0.2) is 60.5 Å². The highest BCUT2D eigenvalue weighted by atomic mass is 32.1. The molecule has 2 heterocycles. The van der Waals surface area contributed by atoms with Gasteiger partial charge in [0.05, 0.1) is 11.4 Å². The molecule has 3 heteroatoms. The molecule has 2 nitrogen and oxygen atoms in total. The average molecular weight is 429 g/mol. The maximum Gasteiger partial charge on any atom is 0.124 e. The second-order valence-electron chi connectivity index (χ2n) is 8.31. The molecule has 0 saturated heterocycles. The zero-order valence-corrected chi connectivity index (χ0v) is 19.8. The van der Waals surface area contributed by atoms with Crippen molar-refractivity contribution in [1.82, 2.24) is 9.55 Å². The highest BCUT2D eigenvalue weighted by Gasteiger charge is 2.20. The smallest absolute Gasteiger partial charge is 0.124 e. The van der Waals surface area contributed by atoms with Crippen LogP contribution in [0.1, 0.15) is 62.8 Å². The summed E-state index contributed by atoms with van der Waals surface area (Å²) in [4.78, 5) is 5.07. The number of nitrogens with zero attached hydrogens (tertiary/aromatic N) is 2. The molecule has 1 aliphatic carbocycles. The molecule has 1 aromatic carbocycles. The minimum absolute atomic E-state index is 0.958. The largest absolute Gasteiger partial charge is 0.315 e. The van der Waals surface area contributed by atoms with Gasteiger partial charge in [-0.1, -0.05) is 63.6 Å². The lowest BCUT2D eigenvalue weighted by Gasteiger charge is -2.12. The molecule has 2 aromatic heterocycles. The van der Waals surface area contributed by atoms with Crippen LogP contribution in [0.4, 0.5) is 0 Å². The Balaban J connectivity index is 1.73. The summed E-state index contributed by atoms with van der Waals surface area (Å²) in [5.74, 6) is 0. The Bertz CT molecular complexity index is 1140. The first-order valence-corrected chi connectivity index (χ1v) is 12.3. The first-order valence-electron chi connectivity index (χ1n) is 11.4. The summed E-state index contributed by atoms with van der Waals surface area (Å²) >= 11 is 1.73. The fourth-order valence-electron chi connectivity index (χ4n) is 4.30. The van der Waals surface area contributed by atoms with Crippen LogP contribution >= 0.6 is 11.3 Å². The summed E-state index contributed by atoms with van der Waals surface area (Å²) in [6, 6.07) is 11.1. The molecule has 0 saturated carbocycles. The Morgan fingerprint density at radius 3 is 2.81 bits per heavy atom. The van der Waals surface area contributed by atoms with E-state index in [4.69, 9.17) is 4.98 Å². The zero-order valence-electron chi connectivity index (χ0n) is 18.9. The molecule has 0 spiro atoms. The third-order valence-electron chi connectivity index (χ3n) is 6.10. The molecule has 0 bridgehead atoms. The van der Waals surface area contributed by atoms with Gasteiger partial charge in [0.1, 0.15) is 5.01 Å². The standard InChI is InChI=1S/C28H32N2S/c1-5-7-8-12-20(3)25-18-27(30(21(25)4)24-15-9-10-16-24)26-19-31-28(29-26)23-14-11-13-22(6-2)17-23/h9-11,13-15,17-19H,3,5-8,12,16H2,1-2,4H3. The molecular formula is C28H32N2S. The second kappa shape index (κ2) is 9.65. The lowest BCUT2D eigenvalue weighted by atomic mass is 10.0. The molecule has 0 fully saturated rings. The van der Waals surface area contributed by atoms with Gasteiger partial charge in [-0.05, 0) is 61.1 Å². The highest BCUT2D eigenvalue weighted by molar-refractivity contribution is 7.13. The van der Waals surface area contributed by atoms with E-state index in [9.17, 15) is 0 Å². The molecule has 0 atom stereocenters. The molecule has 4 rings (SSSR count). The Hall–Kier alpha value is -2.65. The maximum absolute atomic E-state index is 5.07. The molecule has 160 valence electrons. The molecule has 0 radical (unpaired) electrons. The minimum atomic E-state index is 0.958. The van der Waals surface area contributed by atoms with Crippen molar-refractivity contribution in [3.8, 4) is 22.0 Å². The number of aryl methyl sites for hydroxylation is 1. The van der Waals surface area contributed by atoms with E-state index < -0.39 is 0 Å². The topological polar surface area (TPSA) is 17.8 Å². The molecule has 0 aliphatic heterocycles. The van der Waals surface area contributed by atoms with E-state index in [0.717, 1.165) is 30.0 Å². The van der Waals surface area contributed by atoms with E-state index in [0.29, 0.717) is 0 Å². The summed E-state index contributed by atoms with van der Waals surface area (Å²) in [7, 11) is 0. The van der Waals surface area contributed by atoms with Gasteiger partial charge in [-0.2, -0.15) is 0 Å². The third kappa shape index (κ3) is 4.52. The van der Waals surface area contributed by atoms with Crippen LogP contribution in [0.25, 0.3) is 33.2 Å². The van der Waals surface area contributed by atoms with E-state index >= 15 is 0 Å². The van der Waals surface area contributed by atoms with Crippen molar-refractivity contribution in [2.45, 2.75) is 59.3 Å². The van der Waals surface area contributed by atoms with Crippen molar-refractivity contribution >= 4 is 22.6 Å². The van der Waals surface area contributed by atoms with Crippen LogP contribution in [0, 0.1) is 6.92 Å². The van der Waals surface area contributed by atoms with E-state index in [1.807, 2.05) is 0 Å². The molecule has 3 aromatic rings. The van der Waals surface area contributed by atoms with Crippen molar-refractivity contribution < 1.29 is 0 Å². The van der Waals surface area contributed by atoms with Crippen molar-refractivity contribution in [1.29, 1.82) is 0 Å². The van der Waals surface area contributed by atoms with Gasteiger partial charge in [-0.3, -0.25) is 0 Å². The molecule has 31 heavy (non-hydrogen) atoms. The van der Waals surface area contributed by atoms with Gasteiger partial charge in [0.25, 0.3) is 0 Å². The van der Waals surface area contributed by atoms with Gasteiger partial charge in [-0.25, -0.2) is 4.98 Å². The van der Waals surface area contributed by atoms with Crippen molar-refractivity contribution in [2.75, 3.05) is 0 Å². The van der Waals surface area contributed by atoms with Gasteiger partial charge in [0.2, 0.25) is 0 Å². The zero-order chi connectivity index (χ0) is 21.8. The monoisotopic (exact) mass is 428 g/mol. The van der Waals surface area contributed by atoms with Crippen LogP contribution in [0.3, 0.4) is 0 Å². The van der Waals surface area contributed by atoms with Gasteiger partial charge in [0.15, 0.2) is 0 Å². The molecule has 0 amide bonds. The van der Waals surface area contributed by atoms with Crippen LogP contribution in [-0.4, -0.2) is 9.55 Å². The number of unbranched alkanes of at least 4 members (excludes halogenated alkanes) is 2. The lowest BCUT2D eigenvalue weighted by molar-refractivity contribution is 0.735. The number of benzene rings is 1. The van der Waals surface area contributed by atoms with Crippen molar-refractivity contribution in [3.63, 3.8) is 0 Å². The number of allylic oxidation sites excluding steroid dienone is 5. The molecule has 0 unspecified atom stereocenters. The van der Waals surface area contributed by atoms with Gasteiger partial charge in [0, 0.05) is 28.8 Å². The van der Waals surface area contributed by atoms with E-state index in [1.165, 1.54) is 58.6 Å². The summed E-state index contributed by atoms with van der Waals surface area (Å²) in [6.45, 7) is 11.1. The quantitative estimate of drug-likeness (QED) is 0.312. The number of thiazole rings is 1. The summed E-state index contributed by atoms with van der Waals surface area (Å²) < 4.78 is 2.39. The molecule has 0 N–H and O–H groups in total. The Morgan fingerprint density at radius 1 is 1.19 bits per heavy atom. The summed E-state index contributed by atoms with van der Waals surface area (Å²) in [5.41, 5.74) is 9.87. The minimum Gasteiger partial charge on any atom is -0.315 e. The number of hydrogen-bond donors (Lipinski definition) is 0. The molecular weight excluding hydrogens is 396 g/mol. The van der Waals surface area contributed by atoms with Gasteiger partial charge in [-0.15, -0.1) is 11.3 Å². The van der Waals surface area contributed by atoms with E-state index in [-0.39, 0.29) is 0 Å². The van der Waals surface area contributed by atoms with E-state index in [2.05, 4.69) is 85.9 Å². The van der Waals surface area contributed by atoms with Crippen LogP contribution in [0.2, 0.25) is 0 Å². The van der Waals surface area contributed by atoms with E-state index in [1.54, 1.807) is 11.3 Å². The fourth-order valence-corrected chi connectivity index (χ4v) is 5.11. The average Bonchev–Trinajstić information content (AvgIpc) is 3.53. The maximum atomic E-state index is 5.07. The third-order valence-corrected chi connectivity index (χ3v) is 6.99. The Kier molecular flexibility index (Phi) is 6.72. The summed E-state index contributed by atoms with van der Waals surface area (Å²) in [5, 5.41) is 3.28. The Morgan fingerprint density at radius 2 is 2.06 bits per heavy atom. The van der Waals surface area contributed by atoms with Crippen LogP contribution in [-0.2, 0) is 6.42 Å². The SMILES string of the molecule is C=C(CCCCC)c1cc(-c2csc(-c3cccc(CC)c3)n2)n(C2=CC=CC2)c1C. The van der Waals surface area contributed by atoms with Crippen molar-refractivity contribution in [3.05, 3.63) is 77.3 Å². The second-order valence-corrected chi connectivity index (χ2v) is 9.16. The molecule has 1 aliphatic rings. The Labute approximate surface area is 190 Å². The van der Waals surface area contributed by atoms with Gasteiger partial charge < -0.3 is 4.57 Å². The number of aromatic nitrogens is 2. The normalized spacial score (nSPS) is 13.1. The van der Waals surface area contributed by atoms with Crippen LogP contribution < -0.4 is 0 Å². The predicted octanol–water partition coefficient (Wildman–Crippen LogP) is 8.54. The summed E-state index contributed by atoms with van der Waals surface area (Å²) in [6.07, 6.45) is 13.3. The highest BCUT2D eigenvalue weighted by Crippen LogP contribution is 2.37. The number of rotatable bonds is 9. The fraction of sp³-hybridized carbons (Fsp3) is 0.321. The predicted molar refractivity (Wildman–Crippen MR) is 136 cm³/mol. The van der Waals surface area contributed by atoms with Crippen molar-refractivity contribution in [2.24, 2.45) is 0 Å². The first kappa shape index (κ1) is 21.6. The van der Waals surface area contributed by atoms with Crippen LogP contribution in [0.5, 0.6) is 0 Å².